The molecule has 0 amide bonds. The normalized spacial score (nSPS) is 12.6. The van der Waals surface area contributed by atoms with Crippen LogP contribution in [0.5, 0.6) is 0 Å². The van der Waals surface area contributed by atoms with Crippen molar-refractivity contribution < 1.29 is 17.1 Å². The van der Waals surface area contributed by atoms with Crippen LogP contribution in [0.15, 0.2) is 66.7 Å². The van der Waals surface area contributed by atoms with E-state index in [9.17, 15) is 0 Å². The third-order valence-corrected chi connectivity index (χ3v) is 2.01. The van der Waals surface area contributed by atoms with Gasteiger partial charge in [0.1, 0.15) is 0 Å². The van der Waals surface area contributed by atoms with Gasteiger partial charge in [-0.25, -0.2) is 24.3 Å². The number of allylic oxidation sites excluding steroid dienone is 2. The van der Waals surface area contributed by atoms with Gasteiger partial charge in [-0.2, -0.15) is 30.3 Å². The van der Waals surface area contributed by atoms with Gasteiger partial charge in [0, 0.05) is 0 Å². The Bertz CT molecular complexity index is 317. The summed E-state index contributed by atoms with van der Waals surface area (Å²) in [4.78, 5) is 0. The monoisotopic (exact) mass is 224 g/mol. The minimum Gasteiger partial charge on any atom is -0.214 e. The maximum Gasteiger partial charge on any atom is 2.00 e. The maximum atomic E-state index is 2.20. The first-order chi connectivity index (χ1) is 6.47. The van der Waals surface area contributed by atoms with E-state index in [1.807, 2.05) is 30.3 Å². The first-order valence-corrected chi connectivity index (χ1v) is 4.53. The van der Waals surface area contributed by atoms with Gasteiger partial charge in [-0.15, -0.1) is 5.56 Å². The third kappa shape index (κ3) is 3.37. The Kier molecular flexibility index (Phi) is 4.45. The molecule has 0 spiro atoms. The van der Waals surface area contributed by atoms with E-state index in [1.54, 1.807) is 0 Å². The molecule has 3 rings (SSSR count). The van der Waals surface area contributed by atoms with Crippen LogP contribution in [-0.2, 0) is 17.1 Å². The third-order valence-electron chi connectivity index (χ3n) is 2.01. The molecule has 0 aromatic heterocycles. The Hall–Kier alpha value is -1.04. The van der Waals surface area contributed by atoms with Crippen LogP contribution >= 0.6 is 0 Å². The molecule has 0 saturated heterocycles. The van der Waals surface area contributed by atoms with Crippen molar-refractivity contribution in [1.29, 1.82) is 0 Å². The van der Waals surface area contributed by atoms with E-state index in [4.69, 9.17) is 0 Å². The zero-order chi connectivity index (χ0) is 8.93. The molecule has 0 atom stereocenters. The van der Waals surface area contributed by atoms with Gasteiger partial charge in [0.25, 0.3) is 0 Å². The van der Waals surface area contributed by atoms with Crippen LogP contribution in [-0.4, -0.2) is 0 Å². The molecule has 1 aliphatic rings. The molecule has 2 aromatic carbocycles. The van der Waals surface area contributed by atoms with Crippen LogP contribution in [0.1, 0.15) is 11.5 Å². The van der Waals surface area contributed by atoms with Crippen LogP contribution < -0.4 is 0 Å². The zero-order valence-corrected chi connectivity index (χ0v) is 8.89. The molecule has 0 radical (unpaired) electrons. The van der Waals surface area contributed by atoms with Crippen LogP contribution in [0.25, 0.3) is 0 Å². The average Bonchev–Trinajstić information content (AvgIpc) is 2.75. The van der Waals surface area contributed by atoms with Crippen molar-refractivity contribution in [2.75, 3.05) is 0 Å². The molecular weight excluding hydrogens is 212 g/mol. The summed E-state index contributed by atoms with van der Waals surface area (Å²) in [5.74, 6) is 0.685. The van der Waals surface area contributed by atoms with Crippen molar-refractivity contribution in [3.05, 3.63) is 72.3 Å². The van der Waals surface area contributed by atoms with Crippen LogP contribution in [0.2, 0.25) is 0 Å². The topological polar surface area (TPSA) is 0 Å². The number of hydrogen-bond acceptors (Lipinski definition) is 0. The standard InChI is InChI=1S/C8H7.C5H5.Fe/c1-2-4-7(3-1)8-5-6-8;1-2-4-5-3-1;/h1-6,8H;1-5H;/q2*-1;+2. The first-order valence-electron chi connectivity index (χ1n) is 4.53. The molecule has 0 fully saturated rings. The largest absolute Gasteiger partial charge is 2.00 e. The first kappa shape index (κ1) is 11.0. The molecule has 1 aliphatic carbocycles. The molecule has 1 heteroatoms. The molecule has 0 saturated carbocycles. The average molecular weight is 224 g/mol. The Morgan fingerprint density at radius 3 is 1.79 bits per heavy atom. The van der Waals surface area contributed by atoms with E-state index in [-0.39, 0.29) is 17.1 Å². The summed E-state index contributed by atoms with van der Waals surface area (Å²) in [5, 5.41) is 0. The molecule has 0 heterocycles. The Labute approximate surface area is 95.5 Å². The predicted octanol–water partition coefficient (Wildman–Crippen LogP) is 3.46. The van der Waals surface area contributed by atoms with Crippen molar-refractivity contribution in [3.63, 3.8) is 0 Å². The van der Waals surface area contributed by atoms with Crippen LogP contribution in [0, 0.1) is 0 Å². The number of hydrogen-bond donors (Lipinski definition) is 0. The second-order valence-electron chi connectivity index (χ2n) is 3.09. The molecule has 72 valence electrons. The summed E-state index contributed by atoms with van der Waals surface area (Å²) in [7, 11) is 0. The maximum absolute atomic E-state index is 2.20. The van der Waals surface area contributed by atoms with Crippen molar-refractivity contribution in [3.8, 4) is 0 Å². The van der Waals surface area contributed by atoms with Crippen molar-refractivity contribution >= 4 is 0 Å². The Morgan fingerprint density at radius 1 is 0.857 bits per heavy atom. The molecule has 0 unspecified atom stereocenters. The molecular formula is C13H12Fe. The number of rotatable bonds is 1. The van der Waals surface area contributed by atoms with Gasteiger partial charge in [0.15, 0.2) is 0 Å². The van der Waals surface area contributed by atoms with Gasteiger partial charge in [-0.3, -0.25) is 0 Å². The summed E-state index contributed by atoms with van der Waals surface area (Å²) < 4.78 is 0. The smallest absolute Gasteiger partial charge is 0.214 e. The molecule has 0 N–H and O–H groups in total. The summed E-state index contributed by atoms with van der Waals surface area (Å²) in [6, 6.07) is 18.5. The van der Waals surface area contributed by atoms with E-state index in [0.717, 1.165) is 0 Å². The molecule has 0 aliphatic heterocycles. The predicted molar refractivity (Wildman–Crippen MR) is 56.0 cm³/mol. The summed E-state index contributed by atoms with van der Waals surface area (Å²) in [6.07, 6.45) is 4.41. The molecule has 0 bridgehead atoms. The summed E-state index contributed by atoms with van der Waals surface area (Å²) in [5.41, 5.74) is 1.44. The van der Waals surface area contributed by atoms with Gasteiger partial charge < -0.3 is 0 Å². The van der Waals surface area contributed by atoms with E-state index in [2.05, 4.69) is 36.4 Å². The van der Waals surface area contributed by atoms with Gasteiger partial charge in [0.2, 0.25) is 0 Å². The molecule has 0 nitrogen and oxygen atoms in total. The summed E-state index contributed by atoms with van der Waals surface area (Å²) in [6.45, 7) is 0. The fourth-order valence-corrected chi connectivity index (χ4v) is 1.21. The fourth-order valence-electron chi connectivity index (χ4n) is 1.21. The molecule has 14 heavy (non-hydrogen) atoms. The van der Waals surface area contributed by atoms with Crippen molar-refractivity contribution in [2.45, 2.75) is 5.92 Å². The van der Waals surface area contributed by atoms with Gasteiger partial charge >= 0.3 is 17.1 Å². The van der Waals surface area contributed by atoms with Crippen LogP contribution in [0.3, 0.4) is 0 Å². The second kappa shape index (κ2) is 5.64. The Balaban J connectivity index is 0.000000144. The fraction of sp³-hybridized carbons (Fsp3) is 0.0769. The SMILES string of the molecule is C1=CC1[c-]1cccc1.[Fe+2].c1cc[cH-]c1. The van der Waals surface area contributed by atoms with E-state index in [0.29, 0.717) is 5.92 Å². The van der Waals surface area contributed by atoms with E-state index >= 15 is 0 Å². The van der Waals surface area contributed by atoms with Gasteiger partial charge in [-0.05, 0) is 5.92 Å². The van der Waals surface area contributed by atoms with E-state index < -0.39 is 0 Å². The minimum atomic E-state index is 0. The summed E-state index contributed by atoms with van der Waals surface area (Å²) >= 11 is 0. The van der Waals surface area contributed by atoms with Gasteiger partial charge in [-0.1, -0.05) is 12.2 Å². The van der Waals surface area contributed by atoms with E-state index in [1.165, 1.54) is 5.56 Å². The minimum absolute atomic E-state index is 0. The Morgan fingerprint density at radius 2 is 1.43 bits per heavy atom. The van der Waals surface area contributed by atoms with Crippen molar-refractivity contribution in [2.24, 2.45) is 0 Å². The zero-order valence-electron chi connectivity index (χ0n) is 7.78. The van der Waals surface area contributed by atoms with Gasteiger partial charge in [0.05, 0.1) is 0 Å². The second-order valence-corrected chi connectivity index (χ2v) is 3.09. The van der Waals surface area contributed by atoms with Crippen LogP contribution in [0.4, 0.5) is 0 Å². The molecule has 2 aromatic rings. The van der Waals surface area contributed by atoms with Crippen molar-refractivity contribution in [1.82, 2.24) is 0 Å². The quantitative estimate of drug-likeness (QED) is 0.395.